The lowest BCUT2D eigenvalue weighted by atomic mass is 10.2. The third-order valence-electron chi connectivity index (χ3n) is 2.80. The summed E-state index contributed by atoms with van der Waals surface area (Å²) in [5.74, 6) is -0.998. The van der Waals surface area contributed by atoms with Crippen LogP contribution < -0.4 is 11.1 Å². The Morgan fingerprint density at radius 1 is 1.61 bits per heavy atom. The van der Waals surface area contributed by atoms with Crippen LogP contribution in [0.4, 0.5) is 0 Å². The van der Waals surface area contributed by atoms with E-state index in [2.05, 4.69) is 10.3 Å². The molecule has 0 saturated carbocycles. The fraction of sp³-hybridized carbons (Fsp3) is 0.333. The van der Waals surface area contributed by atoms with Crippen molar-refractivity contribution in [3.05, 3.63) is 30.1 Å². The van der Waals surface area contributed by atoms with Crippen molar-refractivity contribution in [2.75, 3.05) is 6.54 Å². The van der Waals surface area contributed by atoms with Gasteiger partial charge in [-0.2, -0.15) is 0 Å². The summed E-state index contributed by atoms with van der Waals surface area (Å²) >= 11 is 0. The van der Waals surface area contributed by atoms with Gasteiger partial charge in [0.1, 0.15) is 6.04 Å². The molecule has 6 heteroatoms. The van der Waals surface area contributed by atoms with Crippen LogP contribution in [-0.4, -0.2) is 33.2 Å². The van der Waals surface area contributed by atoms with Crippen LogP contribution in [-0.2, 0) is 18.4 Å². The number of hydrogen-bond acceptors (Lipinski definition) is 4. The van der Waals surface area contributed by atoms with Gasteiger partial charge in [0, 0.05) is 20.1 Å². The topological polar surface area (TPSA) is 93.2 Å². The number of aliphatic carboxylic acids is 1. The third-order valence-corrected chi connectivity index (χ3v) is 2.80. The molecule has 4 N–H and O–H groups in total. The molecule has 1 aromatic heterocycles. The smallest absolute Gasteiger partial charge is 0.321 e. The first-order chi connectivity index (χ1) is 8.58. The van der Waals surface area contributed by atoms with Crippen molar-refractivity contribution in [1.29, 1.82) is 0 Å². The molecule has 1 aromatic carbocycles. The predicted molar refractivity (Wildman–Crippen MR) is 68.0 cm³/mol. The van der Waals surface area contributed by atoms with Crippen molar-refractivity contribution in [3.63, 3.8) is 0 Å². The SMILES string of the molecule is Cn1cnc2cc(CNCC(N)C(=O)O)ccc21. The molecule has 96 valence electrons. The highest BCUT2D eigenvalue weighted by Gasteiger charge is 2.10. The van der Waals surface area contributed by atoms with Gasteiger partial charge in [0.15, 0.2) is 0 Å². The first-order valence-electron chi connectivity index (χ1n) is 5.67. The zero-order chi connectivity index (χ0) is 13.1. The van der Waals surface area contributed by atoms with Gasteiger partial charge in [-0.25, -0.2) is 4.98 Å². The summed E-state index contributed by atoms with van der Waals surface area (Å²) < 4.78 is 1.95. The first-order valence-corrected chi connectivity index (χ1v) is 5.67. The van der Waals surface area contributed by atoms with E-state index in [1.54, 1.807) is 6.33 Å². The number of nitrogens with zero attached hydrogens (tertiary/aromatic N) is 2. The van der Waals surface area contributed by atoms with Gasteiger partial charge >= 0.3 is 5.97 Å². The number of carboxylic acid groups (broad SMARTS) is 1. The van der Waals surface area contributed by atoms with Gasteiger partial charge in [0.05, 0.1) is 17.4 Å². The van der Waals surface area contributed by atoms with Crippen LogP contribution in [0.5, 0.6) is 0 Å². The summed E-state index contributed by atoms with van der Waals surface area (Å²) in [6.07, 6.45) is 1.77. The Balaban J connectivity index is 1.98. The average molecular weight is 248 g/mol. The minimum Gasteiger partial charge on any atom is -0.480 e. The maximum absolute atomic E-state index is 10.5. The van der Waals surface area contributed by atoms with E-state index < -0.39 is 12.0 Å². The zero-order valence-corrected chi connectivity index (χ0v) is 10.1. The van der Waals surface area contributed by atoms with Crippen LogP contribution in [0.2, 0.25) is 0 Å². The Kier molecular flexibility index (Phi) is 3.59. The van der Waals surface area contributed by atoms with E-state index in [1.807, 2.05) is 29.8 Å². The molecular weight excluding hydrogens is 232 g/mol. The molecule has 0 aliphatic rings. The maximum atomic E-state index is 10.5. The fourth-order valence-electron chi connectivity index (χ4n) is 1.75. The lowest BCUT2D eigenvalue weighted by Gasteiger charge is -2.08. The largest absolute Gasteiger partial charge is 0.480 e. The van der Waals surface area contributed by atoms with Gasteiger partial charge in [0.2, 0.25) is 0 Å². The molecule has 2 rings (SSSR count). The van der Waals surface area contributed by atoms with Crippen LogP contribution in [0, 0.1) is 0 Å². The number of rotatable bonds is 5. The van der Waals surface area contributed by atoms with E-state index in [-0.39, 0.29) is 6.54 Å². The summed E-state index contributed by atoms with van der Waals surface area (Å²) in [5.41, 5.74) is 8.45. The normalized spacial score (nSPS) is 12.8. The van der Waals surface area contributed by atoms with Gasteiger partial charge in [0.25, 0.3) is 0 Å². The molecule has 0 bridgehead atoms. The Bertz CT molecular complexity index is 564. The highest BCUT2D eigenvalue weighted by atomic mass is 16.4. The Hall–Kier alpha value is -1.92. The number of aryl methyl sites for hydroxylation is 1. The highest BCUT2D eigenvalue weighted by Crippen LogP contribution is 2.13. The number of imidazole rings is 1. The lowest BCUT2D eigenvalue weighted by Crippen LogP contribution is -2.40. The standard InChI is InChI=1S/C12H16N4O2/c1-16-7-15-10-4-8(2-3-11(10)16)5-14-6-9(13)12(17)18/h2-4,7,9,14H,5-6,13H2,1H3,(H,17,18). The van der Waals surface area contributed by atoms with Crippen LogP contribution >= 0.6 is 0 Å². The number of carboxylic acids is 1. The van der Waals surface area contributed by atoms with Gasteiger partial charge in [-0.05, 0) is 17.7 Å². The molecule has 1 unspecified atom stereocenters. The van der Waals surface area contributed by atoms with E-state index in [4.69, 9.17) is 10.8 Å². The molecule has 0 aliphatic carbocycles. The van der Waals surface area contributed by atoms with Crippen molar-refractivity contribution >= 4 is 17.0 Å². The van der Waals surface area contributed by atoms with Gasteiger partial charge in [-0.1, -0.05) is 6.07 Å². The summed E-state index contributed by atoms with van der Waals surface area (Å²) in [6.45, 7) is 0.823. The molecule has 6 nitrogen and oxygen atoms in total. The summed E-state index contributed by atoms with van der Waals surface area (Å²) in [5, 5.41) is 11.7. The summed E-state index contributed by atoms with van der Waals surface area (Å²) in [6, 6.07) is 5.09. The van der Waals surface area contributed by atoms with Crippen LogP contribution in [0.15, 0.2) is 24.5 Å². The molecule has 0 amide bonds. The number of hydrogen-bond donors (Lipinski definition) is 3. The van der Waals surface area contributed by atoms with E-state index >= 15 is 0 Å². The van der Waals surface area contributed by atoms with E-state index in [0.29, 0.717) is 6.54 Å². The third kappa shape index (κ3) is 2.66. The second kappa shape index (κ2) is 5.16. The second-order valence-corrected chi connectivity index (χ2v) is 4.25. The monoisotopic (exact) mass is 248 g/mol. The van der Waals surface area contributed by atoms with Gasteiger partial charge in [-0.15, -0.1) is 0 Å². The molecule has 0 fully saturated rings. The van der Waals surface area contributed by atoms with Crippen molar-refractivity contribution in [2.45, 2.75) is 12.6 Å². The fourth-order valence-corrected chi connectivity index (χ4v) is 1.75. The quantitative estimate of drug-likeness (QED) is 0.696. The van der Waals surface area contributed by atoms with Crippen molar-refractivity contribution in [3.8, 4) is 0 Å². The predicted octanol–water partition coefficient (Wildman–Crippen LogP) is 0.0748. The van der Waals surface area contributed by atoms with Crippen LogP contribution in [0.1, 0.15) is 5.56 Å². The van der Waals surface area contributed by atoms with Gasteiger partial charge in [-0.3, -0.25) is 4.79 Å². The number of nitrogens with one attached hydrogen (secondary N) is 1. The maximum Gasteiger partial charge on any atom is 0.321 e. The minimum atomic E-state index is -0.998. The number of fused-ring (bicyclic) bond motifs is 1. The molecule has 18 heavy (non-hydrogen) atoms. The number of carbonyl (C=O) groups is 1. The second-order valence-electron chi connectivity index (χ2n) is 4.25. The molecule has 0 radical (unpaired) electrons. The molecule has 1 heterocycles. The highest BCUT2D eigenvalue weighted by molar-refractivity contribution is 5.76. The van der Waals surface area contributed by atoms with Gasteiger partial charge < -0.3 is 20.7 Å². The minimum absolute atomic E-state index is 0.246. The van der Waals surface area contributed by atoms with E-state index in [1.165, 1.54) is 0 Å². The first kappa shape index (κ1) is 12.5. The number of benzene rings is 1. The number of nitrogens with two attached hydrogens (primary N) is 1. The number of aromatic nitrogens is 2. The molecule has 2 aromatic rings. The molecule has 0 spiro atoms. The average Bonchev–Trinajstić information content (AvgIpc) is 2.70. The van der Waals surface area contributed by atoms with Crippen molar-refractivity contribution < 1.29 is 9.90 Å². The molecule has 0 saturated heterocycles. The molecule has 0 aliphatic heterocycles. The Morgan fingerprint density at radius 3 is 3.11 bits per heavy atom. The van der Waals surface area contributed by atoms with Crippen LogP contribution in [0.3, 0.4) is 0 Å². The lowest BCUT2D eigenvalue weighted by molar-refractivity contribution is -0.138. The summed E-state index contributed by atoms with van der Waals surface area (Å²) in [7, 11) is 1.94. The molecule has 1 atom stereocenters. The zero-order valence-electron chi connectivity index (χ0n) is 10.1. The Labute approximate surface area is 104 Å². The molecular formula is C12H16N4O2. The van der Waals surface area contributed by atoms with Crippen molar-refractivity contribution in [2.24, 2.45) is 12.8 Å². The van der Waals surface area contributed by atoms with Crippen LogP contribution in [0.25, 0.3) is 11.0 Å². The van der Waals surface area contributed by atoms with Crippen molar-refractivity contribution in [1.82, 2.24) is 14.9 Å². The summed E-state index contributed by atoms with van der Waals surface area (Å²) in [4.78, 5) is 14.8. The Morgan fingerprint density at radius 2 is 2.39 bits per heavy atom. The van der Waals surface area contributed by atoms with E-state index in [9.17, 15) is 4.79 Å². The van der Waals surface area contributed by atoms with E-state index in [0.717, 1.165) is 16.6 Å².